The number of nitrogens with zero attached hydrogens (tertiary/aromatic N) is 1. The van der Waals surface area contributed by atoms with E-state index in [1.807, 2.05) is 20.9 Å². The molecule has 10 heavy (non-hydrogen) atoms. The molecule has 0 radical (unpaired) electrons. The average Bonchev–Trinajstić information content (AvgIpc) is 1.85. The van der Waals surface area contributed by atoms with E-state index in [-0.39, 0.29) is 12.6 Å². The summed E-state index contributed by atoms with van der Waals surface area (Å²) in [6.07, 6.45) is 0. The van der Waals surface area contributed by atoms with Crippen LogP contribution < -0.4 is 0 Å². The third kappa shape index (κ3) is 3.64. The molecule has 0 aromatic carbocycles. The van der Waals surface area contributed by atoms with E-state index < -0.39 is 0 Å². The summed E-state index contributed by atoms with van der Waals surface area (Å²) in [5.41, 5.74) is 1.13. The summed E-state index contributed by atoms with van der Waals surface area (Å²) in [5.74, 6) is 0. The van der Waals surface area contributed by atoms with E-state index in [4.69, 9.17) is 5.11 Å². The molecular weight excluding hydrogens is 126 g/mol. The Bertz CT molecular complexity index is 112. The zero-order chi connectivity index (χ0) is 8.15. The smallest absolute Gasteiger partial charge is 0.0584 e. The normalized spacial score (nSPS) is 13.7. The van der Waals surface area contributed by atoms with Gasteiger partial charge in [-0.1, -0.05) is 12.2 Å². The van der Waals surface area contributed by atoms with Crippen molar-refractivity contribution in [3.8, 4) is 0 Å². The van der Waals surface area contributed by atoms with Crippen LogP contribution in [0.4, 0.5) is 0 Å². The summed E-state index contributed by atoms with van der Waals surface area (Å²) in [6, 6.07) is 0.233. The lowest BCUT2D eigenvalue weighted by Crippen LogP contribution is -2.32. The molecule has 0 saturated heterocycles. The highest BCUT2D eigenvalue weighted by Gasteiger charge is 2.05. The van der Waals surface area contributed by atoms with Crippen molar-refractivity contribution < 1.29 is 5.11 Å². The van der Waals surface area contributed by atoms with E-state index in [0.717, 1.165) is 12.1 Å². The van der Waals surface area contributed by atoms with E-state index in [2.05, 4.69) is 11.5 Å². The molecule has 0 amide bonds. The summed E-state index contributed by atoms with van der Waals surface area (Å²) in [4.78, 5) is 2.07. The molecule has 2 nitrogen and oxygen atoms in total. The molecule has 0 aromatic heterocycles. The molecule has 0 aromatic rings. The summed E-state index contributed by atoms with van der Waals surface area (Å²) < 4.78 is 0. The second kappa shape index (κ2) is 4.47. The average molecular weight is 143 g/mol. The number of hydrogen-bond acceptors (Lipinski definition) is 2. The van der Waals surface area contributed by atoms with Gasteiger partial charge in [0.25, 0.3) is 0 Å². The molecule has 60 valence electrons. The van der Waals surface area contributed by atoms with Crippen LogP contribution in [0.25, 0.3) is 0 Å². The quantitative estimate of drug-likeness (QED) is 0.590. The van der Waals surface area contributed by atoms with Gasteiger partial charge in [0, 0.05) is 12.6 Å². The first-order chi connectivity index (χ1) is 4.57. The molecule has 0 fully saturated rings. The highest BCUT2D eigenvalue weighted by molar-refractivity contribution is 4.91. The summed E-state index contributed by atoms with van der Waals surface area (Å²) in [6.45, 7) is 8.84. The topological polar surface area (TPSA) is 23.5 Å². The Kier molecular flexibility index (Phi) is 4.32. The Morgan fingerprint density at radius 2 is 2.20 bits per heavy atom. The molecular formula is C8H17NO. The zero-order valence-electron chi connectivity index (χ0n) is 7.09. The molecule has 2 heteroatoms. The van der Waals surface area contributed by atoms with E-state index >= 15 is 0 Å². The van der Waals surface area contributed by atoms with Crippen LogP contribution in [0.15, 0.2) is 12.2 Å². The highest BCUT2D eigenvalue weighted by Crippen LogP contribution is 1.97. The van der Waals surface area contributed by atoms with Crippen molar-refractivity contribution >= 4 is 0 Å². The number of rotatable bonds is 4. The lowest BCUT2D eigenvalue weighted by atomic mass is 10.2. The van der Waals surface area contributed by atoms with Crippen molar-refractivity contribution in [1.29, 1.82) is 0 Å². The first-order valence-corrected chi connectivity index (χ1v) is 3.53. The highest BCUT2D eigenvalue weighted by atomic mass is 16.3. The molecule has 0 heterocycles. The first-order valence-electron chi connectivity index (χ1n) is 3.53. The number of aliphatic hydroxyl groups excluding tert-OH is 1. The van der Waals surface area contributed by atoms with E-state index in [1.54, 1.807) is 0 Å². The minimum absolute atomic E-state index is 0.212. The second-order valence-corrected chi connectivity index (χ2v) is 2.90. The van der Waals surface area contributed by atoms with Crippen LogP contribution in [0.5, 0.6) is 0 Å². The number of hydrogen-bond donors (Lipinski definition) is 1. The minimum atomic E-state index is 0.212. The first kappa shape index (κ1) is 9.66. The van der Waals surface area contributed by atoms with Crippen molar-refractivity contribution in [2.24, 2.45) is 0 Å². The van der Waals surface area contributed by atoms with Crippen molar-refractivity contribution in [3.05, 3.63) is 12.2 Å². The Hall–Kier alpha value is -0.340. The predicted molar refractivity (Wildman–Crippen MR) is 44.0 cm³/mol. The van der Waals surface area contributed by atoms with Crippen LogP contribution in [0.2, 0.25) is 0 Å². The Morgan fingerprint density at radius 3 is 2.50 bits per heavy atom. The monoisotopic (exact) mass is 143 g/mol. The number of aliphatic hydroxyl groups is 1. The largest absolute Gasteiger partial charge is 0.395 e. The van der Waals surface area contributed by atoms with Gasteiger partial charge in [0.05, 0.1) is 6.61 Å². The van der Waals surface area contributed by atoms with E-state index in [1.165, 1.54) is 0 Å². The Morgan fingerprint density at radius 1 is 1.70 bits per heavy atom. The van der Waals surface area contributed by atoms with Crippen molar-refractivity contribution in [2.75, 3.05) is 20.2 Å². The molecule has 0 rings (SSSR count). The summed E-state index contributed by atoms with van der Waals surface area (Å²) in [7, 11) is 1.98. The third-order valence-corrected chi connectivity index (χ3v) is 1.54. The summed E-state index contributed by atoms with van der Waals surface area (Å²) in [5, 5.41) is 8.75. The standard InChI is InChI=1S/C8H17NO/c1-7(2)5-9(4)8(3)6-10/h8,10H,1,5-6H2,2-4H3. The minimum Gasteiger partial charge on any atom is -0.395 e. The Labute approximate surface area is 63.2 Å². The molecule has 1 atom stereocenters. The maximum atomic E-state index is 8.75. The third-order valence-electron chi connectivity index (χ3n) is 1.54. The maximum Gasteiger partial charge on any atom is 0.0584 e. The van der Waals surface area contributed by atoms with Crippen LogP contribution in [0.1, 0.15) is 13.8 Å². The molecule has 0 saturated carbocycles. The second-order valence-electron chi connectivity index (χ2n) is 2.90. The molecule has 0 spiro atoms. The van der Waals surface area contributed by atoms with E-state index in [9.17, 15) is 0 Å². The molecule has 1 N–H and O–H groups in total. The van der Waals surface area contributed by atoms with Crippen molar-refractivity contribution in [1.82, 2.24) is 4.90 Å². The molecule has 1 unspecified atom stereocenters. The van der Waals surface area contributed by atoms with Crippen molar-refractivity contribution in [2.45, 2.75) is 19.9 Å². The van der Waals surface area contributed by atoms with Gasteiger partial charge in [0.1, 0.15) is 0 Å². The van der Waals surface area contributed by atoms with Crippen LogP contribution in [-0.2, 0) is 0 Å². The van der Waals surface area contributed by atoms with Gasteiger partial charge in [-0.05, 0) is 20.9 Å². The van der Waals surface area contributed by atoms with Gasteiger partial charge < -0.3 is 5.11 Å². The van der Waals surface area contributed by atoms with E-state index in [0.29, 0.717) is 0 Å². The molecule has 0 aliphatic rings. The van der Waals surface area contributed by atoms with Crippen LogP contribution in [-0.4, -0.2) is 36.2 Å². The van der Waals surface area contributed by atoms with Gasteiger partial charge in [-0.2, -0.15) is 0 Å². The van der Waals surface area contributed by atoms with Gasteiger partial charge in [0.15, 0.2) is 0 Å². The summed E-state index contributed by atoms with van der Waals surface area (Å²) >= 11 is 0. The fourth-order valence-corrected chi connectivity index (χ4v) is 0.721. The predicted octanol–water partition coefficient (Wildman–Crippen LogP) is 0.875. The lowest BCUT2D eigenvalue weighted by Gasteiger charge is -2.22. The molecule has 0 bridgehead atoms. The van der Waals surface area contributed by atoms with Gasteiger partial charge in [-0.25, -0.2) is 0 Å². The van der Waals surface area contributed by atoms with Crippen molar-refractivity contribution in [3.63, 3.8) is 0 Å². The van der Waals surface area contributed by atoms with Crippen LogP contribution in [0, 0.1) is 0 Å². The molecule has 0 aliphatic carbocycles. The van der Waals surface area contributed by atoms with Crippen LogP contribution in [0.3, 0.4) is 0 Å². The lowest BCUT2D eigenvalue weighted by molar-refractivity contribution is 0.168. The SMILES string of the molecule is C=C(C)CN(C)C(C)CO. The van der Waals surface area contributed by atoms with Gasteiger partial charge >= 0.3 is 0 Å². The molecule has 0 aliphatic heterocycles. The van der Waals surface area contributed by atoms with Crippen LogP contribution >= 0.6 is 0 Å². The maximum absolute atomic E-state index is 8.75. The number of likely N-dealkylation sites (N-methyl/N-ethyl adjacent to an activating group) is 1. The van der Waals surface area contributed by atoms with Gasteiger partial charge in [0.2, 0.25) is 0 Å². The van der Waals surface area contributed by atoms with Gasteiger partial charge in [-0.15, -0.1) is 0 Å². The fourth-order valence-electron chi connectivity index (χ4n) is 0.721. The zero-order valence-corrected chi connectivity index (χ0v) is 7.09. The Balaban J connectivity index is 3.61. The fraction of sp³-hybridized carbons (Fsp3) is 0.750. The van der Waals surface area contributed by atoms with Gasteiger partial charge in [-0.3, -0.25) is 4.90 Å².